The van der Waals surface area contributed by atoms with Crippen LogP contribution in [0.25, 0.3) is 43.7 Å². The topological polar surface area (TPSA) is 149 Å². The number of halogens is 2. The normalized spacial score (nSPS) is 18.4. The largest absolute Gasteiger partial charge is 0.488 e. The van der Waals surface area contributed by atoms with Crippen LogP contribution in [0.2, 0.25) is 0 Å². The number of piperidine rings is 3. The highest BCUT2D eigenvalue weighted by atomic mass is 19.1. The van der Waals surface area contributed by atoms with Gasteiger partial charge < -0.3 is 48.5 Å². The number of carbonyl (C=O) groups is 2. The molecule has 3 saturated heterocycles. The molecule has 0 bridgehead atoms. The van der Waals surface area contributed by atoms with Gasteiger partial charge in [-0.05, 0) is 130 Å². The Morgan fingerprint density at radius 1 is 0.677 bits per heavy atom. The number of furan rings is 2. The average molecular weight is 884 g/mol. The molecule has 3 fully saturated rings. The van der Waals surface area contributed by atoms with E-state index in [1.807, 2.05) is 24.3 Å². The molecule has 11 rings (SSSR count). The highest BCUT2D eigenvalue weighted by Crippen LogP contribution is 2.34. The van der Waals surface area contributed by atoms with Gasteiger partial charge in [-0.1, -0.05) is 18.6 Å². The van der Waals surface area contributed by atoms with Crippen molar-refractivity contribution in [3.8, 4) is 11.5 Å². The summed E-state index contributed by atoms with van der Waals surface area (Å²) in [5, 5.41) is 15.2. The van der Waals surface area contributed by atoms with Crippen molar-refractivity contribution >= 4 is 55.6 Å². The summed E-state index contributed by atoms with van der Waals surface area (Å²) in [6.07, 6.45) is 11.9. The Kier molecular flexibility index (Phi) is 12.0. The SMILES string of the molecule is O=C(NC1CCN(C[C@@H]2CCCN3CCCC[C@H]23)CC1)c1cc2c(OCc3coc4ccc(F)cc34)cccc2[nH]1.O=C(O)c1cc2c(OCc3coc4ccc(F)cc34)cccc2[nH]1. The average Bonchev–Trinajstić information content (AvgIpc) is 4.14. The number of nitrogens with one attached hydrogen (secondary N) is 3. The van der Waals surface area contributed by atoms with Gasteiger partial charge in [0.05, 0.1) is 12.5 Å². The first kappa shape index (κ1) is 42.3. The van der Waals surface area contributed by atoms with Crippen LogP contribution in [0, 0.1) is 17.6 Å². The second-order valence-corrected chi connectivity index (χ2v) is 17.5. The number of fused-ring (bicyclic) bond motifs is 5. The van der Waals surface area contributed by atoms with Crippen molar-refractivity contribution in [2.24, 2.45) is 5.92 Å². The zero-order valence-electron chi connectivity index (χ0n) is 35.9. The van der Waals surface area contributed by atoms with Gasteiger partial charge in [-0.15, -0.1) is 0 Å². The molecule has 1 amide bonds. The van der Waals surface area contributed by atoms with E-state index in [1.165, 1.54) is 88.3 Å². The second kappa shape index (κ2) is 18.5. The van der Waals surface area contributed by atoms with Gasteiger partial charge >= 0.3 is 5.97 Å². The number of carboxylic acids is 1. The van der Waals surface area contributed by atoms with Crippen molar-refractivity contribution in [1.29, 1.82) is 0 Å². The van der Waals surface area contributed by atoms with E-state index in [2.05, 4.69) is 25.1 Å². The predicted molar refractivity (Wildman–Crippen MR) is 243 cm³/mol. The second-order valence-electron chi connectivity index (χ2n) is 17.5. The van der Waals surface area contributed by atoms with Crippen molar-refractivity contribution in [3.63, 3.8) is 0 Å². The van der Waals surface area contributed by atoms with E-state index < -0.39 is 5.97 Å². The number of ether oxygens (including phenoxy) is 2. The molecular weight excluding hydrogens is 833 g/mol. The Morgan fingerprint density at radius 3 is 1.88 bits per heavy atom. The molecule has 4 aromatic carbocycles. The summed E-state index contributed by atoms with van der Waals surface area (Å²) in [5.74, 6) is 0.239. The number of carbonyl (C=O) groups excluding carboxylic acids is 1. The number of nitrogens with zero attached hydrogens (tertiary/aromatic N) is 2. The number of benzene rings is 4. The lowest BCUT2D eigenvalue weighted by atomic mass is 9.83. The van der Waals surface area contributed by atoms with Crippen molar-refractivity contribution in [2.75, 3.05) is 32.7 Å². The third-order valence-electron chi connectivity index (χ3n) is 13.4. The quantitative estimate of drug-likeness (QED) is 0.0996. The highest BCUT2D eigenvalue weighted by molar-refractivity contribution is 6.00. The third kappa shape index (κ3) is 9.18. The molecule has 2 atom stereocenters. The molecule has 0 unspecified atom stereocenters. The third-order valence-corrected chi connectivity index (χ3v) is 13.4. The fraction of sp³-hybridized carbons (Fsp3) is 0.333. The molecule has 4 N–H and O–H groups in total. The van der Waals surface area contributed by atoms with Crippen LogP contribution < -0.4 is 14.8 Å². The van der Waals surface area contributed by atoms with Crippen LogP contribution in [0.3, 0.4) is 0 Å². The number of H-pyrrole nitrogens is 2. The number of aromatic carboxylic acids is 1. The van der Waals surface area contributed by atoms with Gasteiger partial charge in [0.1, 0.15) is 58.9 Å². The molecule has 4 aromatic heterocycles. The number of hydrogen-bond acceptors (Lipinski definition) is 8. The van der Waals surface area contributed by atoms with Crippen LogP contribution in [-0.4, -0.2) is 81.6 Å². The van der Waals surface area contributed by atoms with Crippen LogP contribution >= 0.6 is 0 Å². The fourth-order valence-corrected chi connectivity index (χ4v) is 10.0. The van der Waals surface area contributed by atoms with Crippen molar-refractivity contribution in [2.45, 2.75) is 70.2 Å². The van der Waals surface area contributed by atoms with E-state index in [9.17, 15) is 18.4 Å². The van der Waals surface area contributed by atoms with Crippen LogP contribution in [-0.2, 0) is 13.2 Å². The van der Waals surface area contributed by atoms with E-state index >= 15 is 0 Å². The molecule has 12 nitrogen and oxygen atoms in total. The summed E-state index contributed by atoms with van der Waals surface area (Å²) in [6.45, 7) is 6.30. The zero-order chi connectivity index (χ0) is 44.4. The number of carboxylic acid groups (broad SMARTS) is 1. The van der Waals surface area contributed by atoms with Gasteiger partial charge in [-0.2, -0.15) is 0 Å². The molecule has 0 saturated carbocycles. The summed E-state index contributed by atoms with van der Waals surface area (Å²) >= 11 is 0. The summed E-state index contributed by atoms with van der Waals surface area (Å²) in [5.41, 5.74) is 4.85. The monoisotopic (exact) mass is 883 g/mol. The molecule has 14 heteroatoms. The molecule has 0 aliphatic carbocycles. The maximum atomic E-state index is 13.8. The molecule has 7 heterocycles. The lowest BCUT2D eigenvalue weighted by Gasteiger charge is -2.46. The molecule has 0 radical (unpaired) electrons. The number of hydrogen-bond donors (Lipinski definition) is 4. The number of amides is 1. The molecule has 3 aliphatic rings. The minimum Gasteiger partial charge on any atom is -0.488 e. The number of likely N-dealkylation sites (tertiary alicyclic amines) is 1. The van der Waals surface area contributed by atoms with E-state index in [-0.39, 0.29) is 42.5 Å². The highest BCUT2D eigenvalue weighted by Gasteiger charge is 2.34. The van der Waals surface area contributed by atoms with Gasteiger partial charge in [0.25, 0.3) is 5.91 Å². The van der Waals surface area contributed by atoms with E-state index in [4.69, 9.17) is 23.4 Å². The predicted octanol–water partition coefficient (Wildman–Crippen LogP) is 10.4. The first-order valence-electron chi connectivity index (χ1n) is 22.5. The number of rotatable bonds is 11. The van der Waals surface area contributed by atoms with Crippen molar-refractivity contribution in [1.82, 2.24) is 25.1 Å². The zero-order valence-corrected chi connectivity index (χ0v) is 35.9. The summed E-state index contributed by atoms with van der Waals surface area (Å²) in [6, 6.07) is 24.2. The summed E-state index contributed by atoms with van der Waals surface area (Å²) in [4.78, 5) is 35.8. The lowest BCUT2D eigenvalue weighted by molar-refractivity contribution is 0.0351. The van der Waals surface area contributed by atoms with Gasteiger partial charge in [0.15, 0.2) is 0 Å². The standard InChI is InChI=1S/C33H39FN4O3.C18H12FNO4/c34-24-9-10-32-26(17-24)23(21-41-32)20-40-31-8-3-6-28-27(31)18-29(36-28)33(39)35-25-11-15-37(16-12-25)19-22-5-4-14-38-13-2-1-7-30(22)38;19-11-4-5-17-12(6-11)10(9-24-17)8-23-16-3-1-2-14-13(16)7-15(20-14)18(21)22/h3,6,8-10,17-18,21-22,25,30,36H,1-2,4-5,7,11-16,19-20H2,(H,35,39);1-7,9,20H,8H2,(H,21,22)/t22-,30+;/m0./s1. The van der Waals surface area contributed by atoms with Crippen molar-refractivity contribution in [3.05, 3.63) is 132 Å². The van der Waals surface area contributed by atoms with Gasteiger partial charge in [0, 0.05) is 75.4 Å². The number of aromatic nitrogens is 2. The number of aromatic amines is 2. The molecule has 336 valence electrons. The smallest absolute Gasteiger partial charge is 0.352 e. The maximum absolute atomic E-state index is 13.8. The Labute approximate surface area is 373 Å². The lowest BCUT2D eigenvalue weighted by Crippen LogP contribution is -2.52. The van der Waals surface area contributed by atoms with Gasteiger partial charge in [0.2, 0.25) is 0 Å². The van der Waals surface area contributed by atoms with E-state index in [0.717, 1.165) is 59.9 Å². The van der Waals surface area contributed by atoms with E-state index in [1.54, 1.807) is 36.6 Å². The Hall–Kier alpha value is -6.64. The molecule has 3 aliphatic heterocycles. The molecule has 0 spiro atoms. The molecule has 65 heavy (non-hydrogen) atoms. The van der Waals surface area contributed by atoms with Crippen LogP contribution in [0.15, 0.2) is 106 Å². The van der Waals surface area contributed by atoms with Crippen molar-refractivity contribution < 1.29 is 41.8 Å². The van der Waals surface area contributed by atoms with Crippen LogP contribution in [0.5, 0.6) is 11.5 Å². The molecule has 8 aromatic rings. The van der Waals surface area contributed by atoms with E-state index in [0.29, 0.717) is 50.0 Å². The van der Waals surface area contributed by atoms with Gasteiger partial charge in [-0.3, -0.25) is 4.79 Å². The first-order chi connectivity index (χ1) is 31.7. The maximum Gasteiger partial charge on any atom is 0.352 e. The van der Waals surface area contributed by atoms with Gasteiger partial charge in [-0.25, -0.2) is 13.6 Å². The molecular formula is C51H51F2N5O7. The Balaban J connectivity index is 0.000000176. The minimum absolute atomic E-state index is 0.0768. The van der Waals surface area contributed by atoms with Crippen LogP contribution in [0.4, 0.5) is 8.78 Å². The van der Waals surface area contributed by atoms with Crippen LogP contribution in [0.1, 0.15) is 77.0 Å². The Bertz CT molecular complexity index is 2980. The Morgan fingerprint density at radius 2 is 1.26 bits per heavy atom. The first-order valence-corrected chi connectivity index (χ1v) is 22.5. The summed E-state index contributed by atoms with van der Waals surface area (Å²) in [7, 11) is 0. The fourth-order valence-electron chi connectivity index (χ4n) is 10.0. The summed E-state index contributed by atoms with van der Waals surface area (Å²) < 4.78 is 50.0. The minimum atomic E-state index is -1.03.